The topological polar surface area (TPSA) is 56.3 Å². The zero-order valence-corrected chi connectivity index (χ0v) is 16.4. The van der Waals surface area contributed by atoms with Gasteiger partial charge in [0.15, 0.2) is 0 Å². The van der Waals surface area contributed by atoms with E-state index in [-0.39, 0.29) is 29.1 Å². The summed E-state index contributed by atoms with van der Waals surface area (Å²) in [6.45, 7) is 2.36. The molecule has 1 saturated heterocycles. The van der Waals surface area contributed by atoms with E-state index in [0.717, 1.165) is 11.6 Å². The van der Waals surface area contributed by atoms with Gasteiger partial charge in [0.2, 0.25) is 5.91 Å². The van der Waals surface area contributed by atoms with Crippen molar-refractivity contribution in [1.82, 2.24) is 9.88 Å². The Balaban J connectivity index is 1.48. The van der Waals surface area contributed by atoms with Crippen molar-refractivity contribution in [2.45, 2.75) is 31.3 Å². The second-order valence-electron chi connectivity index (χ2n) is 8.79. The Morgan fingerprint density at radius 1 is 1.10 bits per heavy atom. The molecule has 2 N–H and O–H groups in total. The summed E-state index contributed by atoms with van der Waals surface area (Å²) in [5, 5.41) is 10.3. The maximum Gasteiger partial charge on any atom is 0.225 e. The maximum atomic E-state index is 14.4. The highest BCUT2D eigenvalue weighted by Crippen LogP contribution is 2.49. The van der Waals surface area contributed by atoms with Crippen molar-refractivity contribution in [3.05, 3.63) is 59.4 Å². The number of H-pyrrole nitrogens is 1. The zero-order valence-electron chi connectivity index (χ0n) is 16.4. The first-order chi connectivity index (χ1) is 14.2. The Labute approximate surface area is 171 Å². The number of rotatable bonds is 3. The summed E-state index contributed by atoms with van der Waals surface area (Å²) < 4.78 is 41.8. The van der Waals surface area contributed by atoms with Crippen molar-refractivity contribution in [3.63, 3.8) is 0 Å². The maximum absolute atomic E-state index is 14.4. The van der Waals surface area contributed by atoms with Crippen molar-refractivity contribution in [3.8, 4) is 11.3 Å². The van der Waals surface area contributed by atoms with Crippen LogP contribution in [0.15, 0.2) is 36.4 Å². The van der Waals surface area contributed by atoms with Gasteiger partial charge in [-0.05, 0) is 67.1 Å². The van der Waals surface area contributed by atoms with Gasteiger partial charge >= 0.3 is 0 Å². The Bertz CT molecular complexity index is 1140. The van der Waals surface area contributed by atoms with Gasteiger partial charge in [-0.3, -0.25) is 4.79 Å². The Kier molecular flexibility index (Phi) is 4.22. The normalized spacial score (nSPS) is 22.6. The summed E-state index contributed by atoms with van der Waals surface area (Å²) >= 11 is 0. The third-order valence-electron chi connectivity index (χ3n) is 6.27. The standard InChI is InChI=1S/C23H21F3N2O2/c1-23(30)10-28(11-23)22(29)14-6-13(7-14)19-17-8-16(25)9-18(26)21(17)27-20(19)12-2-4-15(24)5-3-12/h2-5,8-9,13-14,27,30H,6-7,10-11H2,1H3/t13-,14-. The number of halogens is 3. The van der Waals surface area contributed by atoms with Gasteiger partial charge in [0, 0.05) is 17.4 Å². The molecule has 0 unspecified atom stereocenters. The van der Waals surface area contributed by atoms with Crippen LogP contribution in [0.1, 0.15) is 31.2 Å². The molecule has 2 aromatic carbocycles. The first-order valence-electron chi connectivity index (χ1n) is 9.99. The number of fused-ring (bicyclic) bond motifs is 1. The number of aliphatic hydroxyl groups is 1. The van der Waals surface area contributed by atoms with Crippen LogP contribution in [0.5, 0.6) is 0 Å². The minimum absolute atomic E-state index is 0.0123. The smallest absolute Gasteiger partial charge is 0.225 e. The number of hydrogen-bond donors (Lipinski definition) is 2. The highest BCUT2D eigenvalue weighted by Gasteiger charge is 2.46. The summed E-state index contributed by atoms with van der Waals surface area (Å²) in [5.74, 6) is -1.94. The number of β-amino-alcohol motifs (C(OH)–C–C–N with tert-alkyl or cyclic N) is 1. The fourth-order valence-corrected chi connectivity index (χ4v) is 4.75. The van der Waals surface area contributed by atoms with Crippen LogP contribution in [0.3, 0.4) is 0 Å². The van der Waals surface area contributed by atoms with E-state index in [9.17, 15) is 23.1 Å². The molecule has 5 rings (SSSR count). The molecule has 7 heteroatoms. The number of likely N-dealkylation sites (tertiary alicyclic amines) is 1. The molecule has 0 atom stereocenters. The average Bonchev–Trinajstić information content (AvgIpc) is 2.98. The van der Waals surface area contributed by atoms with Crippen molar-refractivity contribution < 1.29 is 23.1 Å². The Morgan fingerprint density at radius 3 is 2.40 bits per heavy atom. The Hall–Kier alpha value is -2.80. The van der Waals surface area contributed by atoms with Crippen LogP contribution >= 0.6 is 0 Å². The third kappa shape index (κ3) is 3.08. The molecule has 3 aromatic rings. The van der Waals surface area contributed by atoms with E-state index in [1.165, 1.54) is 18.2 Å². The molecule has 1 aromatic heterocycles. The minimum Gasteiger partial charge on any atom is -0.386 e. The molecule has 2 aliphatic rings. The molecule has 2 heterocycles. The lowest BCUT2D eigenvalue weighted by molar-refractivity contribution is -0.159. The van der Waals surface area contributed by atoms with Crippen LogP contribution in [-0.4, -0.2) is 39.6 Å². The third-order valence-corrected chi connectivity index (χ3v) is 6.27. The number of hydrogen-bond acceptors (Lipinski definition) is 2. The molecule has 0 bridgehead atoms. The van der Waals surface area contributed by atoms with Crippen molar-refractivity contribution in [1.29, 1.82) is 0 Å². The van der Waals surface area contributed by atoms with Crippen LogP contribution in [0.25, 0.3) is 22.2 Å². The fourth-order valence-electron chi connectivity index (χ4n) is 4.75. The van der Waals surface area contributed by atoms with E-state index in [0.29, 0.717) is 42.6 Å². The summed E-state index contributed by atoms with van der Waals surface area (Å²) in [5.41, 5.74) is 1.45. The van der Waals surface area contributed by atoms with E-state index in [2.05, 4.69) is 4.98 Å². The molecule has 1 aliphatic heterocycles. The van der Waals surface area contributed by atoms with E-state index >= 15 is 0 Å². The minimum atomic E-state index is -0.819. The molecule has 0 radical (unpaired) electrons. The van der Waals surface area contributed by atoms with Gasteiger partial charge in [-0.1, -0.05) is 0 Å². The number of nitrogens with zero attached hydrogens (tertiary/aromatic N) is 1. The van der Waals surface area contributed by atoms with Gasteiger partial charge in [0.1, 0.15) is 17.5 Å². The largest absolute Gasteiger partial charge is 0.386 e. The van der Waals surface area contributed by atoms with Crippen molar-refractivity contribution in [2.24, 2.45) is 5.92 Å². The molecule has 0 spiro atoms. The molecule has 1 aliphatic carbocycles. The summed E-state index contributed by atoms with van der Waals surface area (Å²) in [7, 11) is 0. The second-order valence-corrected chi connectivity index (χ2v) is 8.79. The van der Waals surface area contributed by atoms with Gasteiger partial charge in [-0.25, -0.2) is 13.2 Å². The molecule has 1 saturated carbocycles. The number of benzene rings is 2. The van der Waals surface area contributed by atoms with Crippen LogP contribution < -0.4 is 0 Å². The van der Waals surface area contributed by atoms with Crippen LogP contribution in [0.2, 0.25) is 0 Å². The zero-order chi connectivity index (χ0) is 21.2. The SMILES string of the molecule is CC1(O)CN(C(=O)[C@H]2C[C@H](c3c(-c4ccc(F)cc4)[nH]c4c(F)cc(F)cc43)C2)C1. The molecule has 4 nitrogen and oxygen atoms in total. The number of nitrogens with one attached hydrogen (secondary N) is 1. The number of aromatic nitrogens is 1. The second kappa shape index (κ2) is 6.60. The first kappa shape index (κ1) is 19.2. The van der Waals surface area contributed by atoms with Gasteiger partial charge in [0.05, 0.1) is 29.9 Å². The van der Waals surface area contributed by atoms with Crippen molar-refractivity contribution >= 4 is 16.8 Å². The number of aromatic amines is 1. The number of carbonyl (C=O) groups excluding carboxylic acids is 1. The van der Waals surface area contributed by atoms with E-state index < -0.39 is 17.2 Å². The molecular weight excluding hydrogens is 393 g/mol. The summed E-state index contributed by atoms with van der Waals surface area (Å²) in [6.07, 6.45) is 1.13. The molecular formula is C23H21F3N2O2. The molecule has 1 amide bonds. The van der Waals surface area contributed by atoms with Gasteiger partial charge < -0.3 is 15.0 Å². The lowest BCUT2D eigenvalue weighted by Gasteiger charge is -2.48. The monoisotopic (exact) mass is 414 g/mol. The highest BCUT2D eigenvalue weighted by atomic mass is 19.1. The van der Waals surface area contributed by atoms with Gasteiger partial charge in [-0.15, -0.1) is 0 Å². The van der Waals surface area contributed by atoms with Crippen LogP contribution in [0, 0.1) is 23.4 Å². The van der Waals surface area contributed by atoms with E-state index in [1.54, 1.807) is 24.0 Å². The quantitative estimate of drug-likeness (QED) is 0.670. The van der Waals surface area contributed by atoms with Gasteiger partial charge in [0.25, 0.3) is 0 Å². The lowest BCUT2D eigenvalue weighted by atomic mass is 9.69. The van der Waals surface area contributed by atoms with Crippen molar-refractivity contribution in [2.75, 3.05) is 13.1 Å². The lowest BCUT2D eigenvalue weighted by Crippen LogP contribution is -2.63. The number of carbonyl (C=O) groups is 1. The number of amides is 1. The summed E-state index contributed by atoms with van der Waals surface area (Å²) in [6, 6.07) is 7.98. The fraction of sp³-hybridized carbons (Fsp3) is 0.348. The van der Waals surface area contributed by atoms with Gasteiger partial charge in [-0.2, -0.15) is 0 Å². The predicted octanol–water partition coefficient (Wildman–Crippen LogP) is 4.34. The highest BCUT2D eigenvalue weighted by molar-refractivity contribution is 5.92. The predicted molar refractivity (Wildman–Crippen MR) is 106 cm³/mol. The van der Waals surface area contributed by atoms with E-state index in [1.807, 2.05) is 0 Å². The van der Waals surface area contributed by atoms with Crippen LogP contribution in [0.4, 0.5) is 13.2 Å². The van der Waals surface area contributed by atoms with E-state index in [4.69, 9.17) is 0 Å². The molecule has 30 heavy (non-hydrogen) atoms. The van der Waals surface area contributed by atoms with Crippen LogP contribution in [-0.2, 0) is 4.79 Å². The summed E-state index contributed by atoms with van der Waals surface area (Å²) in [4.78, 5) is 17.3. The Morgan fingerprint density at radius 2 is 1.77 bits per heavy atom. The molecule has 2 fully saturated rings. The average molecular weight is 414 g/mol. The first-order valence-corrected chi connectivity index (χ1v) is 9.99. The molecule has 156 valence electrons.